The van der Waals surface area contributed by atoms with Gasteiger partial charge in [-0.2, -0.15) is 4.31 Å². The lowest BCUT2D eigenvalue weighted by molar-refractivity contribution is -0.140. The Morgan fingerprint density at radius 2 is 2.24 bits per heavy atom. The highest BCUT2D eigenvalue weighted by Gasteiger charge is 2.39. The van der Waals surface area contributed by atoms with E-state index in [2.05, 4.69) is 0 Å². The number of sulfonamides is 1. The quantitative estimate of drug-likeness (QED) is 0.746. The van der Waals surface area contributed by atoms with Gasteiger partial charge in [-0.3, -0.25) is 4.79 Å². The highest BCUT2D eigenvalue weighted by molar-refractivity contribution is 7.89. The van der Waals surface area contributed by atoms with Crippen LogP contribution in [0.5, 0.6) is 0 Å². The fraction of sp³-hybridized carbons (Fsp3) is 0.900. The van der Waals surface area contributed by atoms with Gasteiger partial charge in [-0.25, -0.2) is 8.42 Å². The molecule has 1 aliphatic rings. The molecule has 2 atom stereocenters. The molecule has 0 aromatic heterocycles. The standard InChI is InChI=1S/C10H19NO5S/c1-3-8(16-2)7-17(14,15)11-6-4-5-9(11)10(12)13/h8-9H,3-7H2,1-2H3,(H,12,13). The predicted octanol–water partition coefficient (Wildman–Crippen LogP) is 0.290. The van der Waals surface area contributed by atoms with Gasteiger partial charge in [0.05, 0.1) is 11.9 Å². The van der Waals surface area contributed by atoms with Crippen LogP contribution in [0.15, 0.2) is 0 Å². The Morgan fingerprint density at radius 1 is 1.59 bits per heavy atom. The molecule has 0 aromatic rings. The van der Waals surface area contributed by atoms with Gasteiger partial charge in [-0.05, 0) is 19.3 Å². The number of carbonyl (C=O) groups is 1. The van der Waals surface area contributed by atoms with Gasteiger partial charge in [0.1, 0.15) is 6.04 Å². The number of aliphatic carboxylic acids is 1. The Morgan fingerprint density at radius 3 is 2.71 bits per heavy atom. The number of hydrogen-bond acceptors (Lipinski definition) is 4. The molecule has 7 heteroatoms. The molecule has 1 rings (SSSR count). The van der Waals surface area contributed by atoms with Crippen molar-refractivity contribution in [3.8, 4) is 0 Å². The number of carboxylic acid groups (broad SMARTS) is 1. The van der Waals surface area contributed by atoms with Crippen LogP contribution in [0, 0.1) is 0 Å². The van der Waals surface area contributed by atoms with E-state index in [0.717, 1.165) is 4.31 Å². The average Bonchev–Trinajstić information content (AvgIpc) is 2.75. The fourth-order valence-corrected chi connectivity index (χ4v) is 4.03. The fourth-order valence-electron chi connectivity index (χ4n) is 2.00. The summed E-state index contributed by atoms with van der Waals surface area (Å²) in [5.41, 5.74) is 0. The van der Waals surface area contributed by atoms with Crippen LogP contribution in [0.1, 0.15) is 26.2 Å². The Bertz CT molecular complexity index is 363. The summed E-state index contributed by atoms with van der Waals surface area (Å²) >= 11 is 0. The van der Waals surface area contributed by atoms with Crippen LogP contribution in [-0.2, 0) is 19.6 Å². The zero-order valence-electron chi connectivity index (χ0n) is 10.1. The van der Waals surface area contributed by atoms with Crippen LogP contribution in [0.2, 0.25) is 0 Å². The van der Waals surface area contributed by atoms with Crippen LogP contribution < -0.4 is 0 Å². The summed E-state index contributed by atoms with van der Waals surface area (Å²) in [6.45, 7) is 2.13. The SMILES string of the molecule is CCC(CS(=O)(=O)N1CCCC1C(=O)O)OC. The van der Waals surface area contributed by atoms with Crippen molar-refractivity contribution in [2.45, 2.75) is 38.3 Å². The Balaban J connectivity index is 2.79. The van der Waals surface area contributed by atoms with Crippen molar-refractivity contribution in [1.29, 1.82) is 0 Å². The third-order valence-corrected chi connectivity index (χ3v) is 4.98. The maximum Gasteiger partial charge on any atom is 0.322 e. The number of nitrogens with zero attached hydrogens (tertiary/aromatic N) is 1. The molecule has 0 aliphatic carbocycles. The van der Waals surface area contributed by atoms with Crippen molar-refractivity contribution in [2.75, 3.05) is 19.4 Å². The molecule has 100 valence electrons. The van der Waals surface area contributed by atoms with E-state index in [9.17, 15) is 13.2 Å². The first-order chi connectivity index (χ1) is 7.92. The molecule has 1 heterocycles. The molecule has 6 nitrogen and oxygen atoms in total. The van der Waals surface area contributed by atoms with E-state index in [-0.39, 0.29) is 11.9 Å². The normalized spacial score (nSPS) is 23.8. The Hall–Kier alpha value is -0.660. The van der Waals surface area contributed by atoms with E-state index in [1.54, 1.807) is 0 Å². The first-order valence-electron chi connectivity index (χ1n) is 5.67. The third kappa shape index (κ3) is 3.40. The van der Waals surface area contributed by atoms with Gasteiger partial charge in [0, 0.05) is 13.7 Å². The molecule has 0 bridgehead atoms. The number of hydrogen-bond donors (Lipinski definition) is 1. The highest BCUT2D eigenvalue weighted by Crippen LogP contribution is 2.22. The van der Waals surface area contributed by atoms with Crippen LogP contribution in [0.4, 0.5) is 0 Å². The molecule has 0 saturated carbocycles. The number of carboxylic acids is 1. The molecule has 1 saturated heterocycles. The number of rotatable bonds is 6. The molecule has 0 aromatic carbocycles. The first kappa shape index (κ1) is 14.4. The van der Waals surface area contributed by atoms with Gasteiger partial charge in [0.15, 0.2) is 0 Å². The van der Waals surface area contributed by atoms with Crippen LogP contribution >= 0.6 is 0 Å². The lowest BCUT2D eigenvalue weighted by Crippen LogP contribution is -2.43. The molecule has 0 amide bonds. The van der Waals surface area contributed by atoms with Gasteiger partial charge < -0.3 is 9.84 Å². The summed E-state index contributed by atoms with van der Waals surface area (Å²) in [5, 5.41) is 8.96. The summed E-state index contributed by atoms with van der Waals surface area (Å²) in [6, 6.07) is -0.908. The largest absolute Gasteiger partial charge is 0.480 e. The Kier molecular flexibility index (Phi) is 4.91. The minimum absolute atomic E-state index is 0.149. The van der Waals surface area contributed by atoms with Crippen molar-refractivity contribution in [2.24, 2.45) is 0 Å². The average molecular weight is 265 g/mol. The van der Waals surface area contributed by atoms with Crippen molar-refractivity contribution in [3.63, 3.8) is 0 Å². The van der Waals surface area contributed by atoms with E-state index in [1.807, 2.05) is 6.92 Å². The van der Waals surface area contributed by atoms with Crippen LogP contribution in [-0.4, -0.2) is 55.4 Å². The number of ether oxygens (including phenoxy) is 1. The summed E-state index contributed by atoms with van der Waals surface area (Å²) in [6.07, 6.45) is 1.19. The molecular formula is C10H19NO5S. The van der Waals surface area contributed by atoms with Gasteiger partial charge >= 0.3 is 5.97 Å². The van der Waals surface area contributed by atoms with Gasteiger partial charge in [-0.1, -0.05) is 6.92 Å². The predicted molar refractivity (Wildman–Crippen MR) is 62.2 cm³/mol. The van der Waals surface area contributed by atoms with Crippen molar-refractivity contribution >= 4 is 16.0 Å². The van der Waals surface area contributed by atoms with E-state index >= 15 is 0 Å². The molecule has 1 N–H and O–H groups in total. The minimum atomic E-state index is -3.55. The third-order valence-electron chi connectivity index (χ3n) is 3.03. The van der Waals surface area contributed by atoms with E-state index in [4.69, 9.17) is 9.84 Å². The molecule has 17 heavy (non-hydrogen) atoms. The lowest BCUT2D eigenvalue weighted by atomic mass is 10.2. The maximum absolute atomic E-state index is 12.1. The molecule has 0 radical (unpaired) electrons. The van der Waals surface area contributed by atoms with Gasteiger partial charge in [0.2, 0.25) is 10.0 Å². The molecular weight excluding hydrogens is 246 g/mol. The lowest BCUT2D eigenvalue weighted by Gasteiger charge is -2.23. The topological polar surface area (TPSA) is 83.9 Å². The Labute approximate surface area is 102 Å². The molecule has 1 fully saturated rings. The van der Waals surface area contributed by atoms with Gasteiger partial charge in [-0.15, -0.1) is 0 Å². The first-order valence-corrected chi connectivity index (χ1v) is 7.28. The number of methoxy groups -OCH3 is 1. The van der Waals surface area contributed by atoms with Crippen molar-refractivity contribution < 1.29 is 23.1 Å². The zero-order chi connectivity index (χ0) is 13.1. The molecule has 1 aliphatic heterocycles. The molecule has 0 spiro atoms. The van der Waals surface area contributed by atoms with Crippen molar-refractivity contribution in [1.82, 2.24) is 4.31 Å². The molecule has 2 unspecified atom stereocenters. The summed E-state index contributed by atoms with van der Waals surface area (Å²) in [5.74, 6) is -1.22. The summed E-state index contributed by atoms with van der Waals surface area (Å²) in [7, 11) is -2.09. The minimum Gasteiger partial charge on any atom is -0.480 e. The van der Waals surface area contributed by atoms with E-state index in [0.29, 0.717) is 25.8 Å². The van der Waals surface area contributed by atoms with Crippen molar-refractivity contribution in [3.05, 3.63) is 0 Å². The van der Waals surface area contributed by atoms with Crippen LogP contribution in [0.25, 0.3) is 0 Å². The van der Waals surface area contributed by atoms with Gasteiger partial charge in [0.25, 0.3) is 0 Å². The zero-order valence-corrected chi connectivity index (χ0v) is 10.9. The monoisotopic (exact) mass is 265 g/mol. The maximum atomic E-state index is 12.1. The summed E-state index contributed by atoms with van der Waals surface area (Å²) < 4.78 is 30.2. The van der Waals surface area contributed by atoms with E-state index in [1.165, 1.54) is 7.11 Å². The second kappa shape index (κ2) is 5.79. The second-order valence-electron chi connectivity index (χ2n) is 4.15. The van der Waals surface area contributed by atoms with Crippen LogP contribution in [0.3, 0.4) is 0 Å². The highest BCUT2D eigenvalue weighted by atomic mass is 32.2. The smallest absolute Gasteiger partial charge is 0.322 e. The summed E-state index contributed by atoms with van der Waals surface area (Å²) in [4.78, 5) is 10.9. The van der Waals surface area contributed by atoms with E-state index < -0.39 is 22.0 Å². The second-order valence-corrected chi connectivity index (χ2v) is 6.12.